The maximum Gasteiger partial charge on any atom is -0.0351 e. The Balaban J connectivity index is 3.40. The van der Waals surface area contributed by atoms with Crippen LogP contribution in [0.15, 0.2) is 12.2 Å². The second-order valence-electron chi connectivity index (χ2n) is 8.23. The molecule has 1 atom stereocenters. The minimum atomic E-state index is 0.862. The van der Waals surface area contributed by atoms with Gasteiger partial charge in [-0.05, 0) is 37.5 Å². The van der Waals surface area contributed by atoms with Gasteiger partial charge in [-0.1, -0.05) is 123 Å². The standard InChI is InChI=1S/C25H48/c1-5-7-9-11-12-13-14-15-16-17-18-19-21-23-25(24(3)4)22-20-10-8-6-2/h11-12,24-25H,1-2,5-10,13-23H2,3-4H3/b12-11+. The fraction of sp³-hybridized carbons (Fsp3) is 0.840. The van der Waals surface area contributed by atoms with Crippen LogP contribution in [0.25, 0.3) is 0 Å². The summed E-state index contributed by atoms with van der Waals surface area (Å²) in [7, 11) is 0. The van der Waals surface area contributed by atoms with Crippen molar-refractivity contribution >= 4 is 0 Å². The van der Waals surface area contributed by atoms with Crippen LogP contribution in [0.4, 0.5) is 0 Å². The van der Waals surface area contributed by atoms with Crippen LogP contribution < -0.4 is 0 Å². The molecular weight excluding hydrogens is 300 g/mol. The van der Waals surface area contributed by atoms with Crippen molar-refractivity contribution in [1.29, 1.82) is 0 Å². The third kappa shape index (κ3) is 18.3. The lowest BCUT2D eigenvalue weighted by molar-refractivity contribution is 0.313. The third-order valence-corrected chi connectivity index (χ3v) is 5.50. The fourth-order valence-corrected chi connectivity index (χ4v) is 3.62. The zero-order valence-electron chi connectivity index (χ0n) is 17.7. The molecule has 25 heavy (non-hydrogen) atoms. The molecule has 0 saturated carbocycles. The van der Waals surface area contributed by atoms with Gasteiger partial charge in [0.1, 0.15) is 0 Å². The number of rotatable bonds is 19. The molecule has 0 aliphatic heterocycles. The van der Waals surface area contributed by atoms with Gasteiger partial charge in [-0.2, -0.15) is 0 Å². The average molecular weight is 349 g/mol. The normalized spacial score (nSPS) is 13.2. The van der Waals surface area contributed by atoms with Crippen LogP contribution in [0.2, 0.25) is 0 Å². The molecule has 0 aromatic carbocycles. The van der Waals surface area contributed by atoms with Crippen molar-refractivity contribution in [3.63, 3.8) is 0 Å². The molecule has 0 aliphatic carbocycles. The van der Waals surface area contributed by atoms with Gasteiger partial charge >= 0.3 is 0 Å². The van der Waals surface area contributed by atoms with Crippen molar-refractivity contribution in [3.8, 4) is 0 Å². The van der Waals surface area contributed by atoms with Gasteiger partial charge in [-0.3, -0.25) is 0 Å². The number of hydrogen-bond acceptors (Lipinski definition) is 0. The first-order valence-corrected chi connectivity index (χ1v) is 11.5. The molecule has 1 unspecified atom stereocenters. The summed E-state index contributed by atoms with van der Waals surface area (Å²) in [5.74, 6) is 1.82. The molecule has 0 spiro atoms. The smallest absolute Gasteiger partial charge is 0.0351 e. The zero-order chi connectivity index (χ0) is 18.6. The van der Waals surface area contributed by atoms with Crippen LogP contribution in [0.5, 0.6) is 0 Å². The molecular formula is C25H48. The Bertz CT molecular complexity index is 263. The molecule has 0 rings (SSSR count). The Hall–Kier alpha value is -0.260. The summed E-state index contributed by atoms with van der Waals surface area (Å²) in [6.45, 7) is 12.7. The molecule has 0 amide bonds. The van der Waals surface area contributed by atoms with Crippen LogP contribution in [-0.2, 0) is 0 Å². The quantitative estimate of drug-likeness (QED) is 0.161. The first kappa shape index (κ1) is 24.7. The SMILES string of the molecule is [CH2]CCC/C=C/CCCCCCCCCC(CCCCC[CH2])C(C)C. The van der Waals surface area contributed by atoms with E-state index in [1.807, 2.05) is 0 Å². The minimum Gasteiger partial charge on any atom is -0.0885 e. The Morgan fingerprint density at radius 3 is 1.52 bits per heavy atom. The lowest BCUT2D eigenvalue weighted by Crippen LogP contribution is -2.08. The summed E-state index contributed by atoms with van der Waals surface area (Å²) in [5, 5.41) is 0. The largest absolute Gasteiger partial charge is 0.0885 e. The second-order valence-corrected chi connectivity index (χ2v) is 8.23. The molecule has 148 valence electrons. The summed E-state index contributed by atoms with van der Waals surface area (Å²) in [4.78, 5) is 0. The number of allylic oxidation sites excluding steroid dienone is 2. The van der Waals surface area contributed by atoms with E-state index in [1.165, 1.54) is 96.3 Å². The summed E-state index contributed by atoms with van der Waals surface area (Å²) >= 11 is 0. The van der Waals surface area contributed by atoms with Gasteiger partial charge in [0.2, 0.25) is 0 Å². The maximum atomic E-state index is 3.95. The van der Waals surface area contributed by atoms with Gasteiger partial charge < -0.3 is 0 Å². The maximum absolute atomic E-state index is 3.95. The summed E-state index contributed by atoms with van der Waals surface area (Å²) < 4.78 is 0. The highest BCUT2D eigenvalue weighted by Gasteiger charge is 2.12. The van der Waals surface area contributed by atoms with Crippen molar-refractivity contribution in [1.82, 2.24) is 0 Å². The predicted octanol–water partition coefficient (Wildman–Crippen LogP) is 9.11. The highest BCUT2D eigenvalue weighted by Crippen LogP contribution is 2.25. The van der Waals surface area contributed by atoms with E-state index in [0.717, 1.165) is 24.7 Å². The highest BCUT2D eigenvalue weighted by atomic mass is 14.2. The summed E-state index contributed by atoms with van der Waals surface area (Å²) in [6.07, 6.45) is 27.7. The predicted molar refractivity (Wildman–Crippen MR) is 117 cm³/mol. The topological polar surface area (TPSA) is 0 Å². The van der Waals surface area contributed by atoms with E-state index in [1.54, 1.807) is 0 Å². The molecule has 0 fully saturated rings. The van der Waals surface area contributed by atoms with Crippen molar-refractivity contribution in [2.24, 2.45) is 11.8 Å². The van der Waals surface area contributed by atoms with Crippen molar-refractivity contribution < 1.29 is 0 Å². The molecule has 0 aliphatic rings. The van der Waals surface area contributed by atoms with Gasteiger partial charge in [0, 0.05) is 0 Å². The lowest BCUT2D eigenvalue weighted by Gasteiger charge is -2.20. The fourth-order valence-electron chi connectivity index (χ4n) is 3.62. The molecule has 0 nitrogen and oxygen atoms in total. The van der Waals surface area contributed by atoms with Crippen LogP contribution in [0, 0.1) is 25.7 Å². The van der Waals surface area contributed by atoms with E-state index in [2.05, 4.69) is 39.8 Å². The Morgan fingerprint density at radius 1 is 0.560 bits per heavy atom. The lowest BCUT2D eigenvalue weighted by atomic mass is 9.85. The van der Waals surface area contributed by atoms with Gasteiger partial charge in [0.25, 0.3) is 0 Å². The Labute approximate surface area is 161 Å². The van der Waals surface area contributed by atoms with Crippen LogP contribution in [-0.4, -0.2) is 0 Å². The summed E-state index contributed by atoms with van der Waals surface area (Å²) in [6, 6.07) is 0. The van der Waals surface area contributed by atoms with Crippen LogP contribution in [0.3, 0.4) is 0 Å². The molecule has 0 N–H and O–H groups in total. The van der Waals surface area contributed by atoms with E-state index in [0.29, 0.717) is 0 Å². The highest BCUT2D eigenvalue weighted by molar-refractivity contribution is 4.81. The van der Waals surface area contributed by atoms with Crippen molar-refractivity contribution in [2.75, 3.05) is 0 Å². The average Bonchev–Trinajstić information content (AvgIpc) is 2.60. The van der Waals surface area contributed by atoms with Gasteiger partial charge in [-0.15, -0.1) is 0 Å². The van der Waals surface area contributed by atoms with Crippen molar-refractivity contribution in [2.45, 2.75) is 123 Å². The second kappa shape index (κ2) is 20.1. The molecule has 0 heterocycles. The van der Waals surface area contributed by atoms with E-state index >= 15 is 0 Å². The molecule has 2 radical (unpaired) electrons. The van der Waals surface area contributed by atoms with E-state index < -0.39 is 0 Å². The Morgan fingerprint density at radius 2 is 1.00 bits per heavy atom. The first-order valence-electron chi connectivity index (χ1n) is 11.5. The minimum absolute atomic E-state index is 0.862. The van der Waals surface area contributed by atoms with Crippen LogP contribution >= 0.6 is 0 Å². The van der Waals surface area contributed by atoms with Crippen LogP contribution in [0.1, 0.15) is 123 Å². The Kier molecular flexibility index (Phi) is 19.8. The van der Waals surface area contributed by atoms with E-state index in [-0.39, 0.29) is 0 Å². The van der Waals surface area contributed by atoms with Gasteiger partial charge in [0.05, 0.1) is 0 Å². The molecule has 0 aromatic rings. The zero-order valence-corrected chi connectivity index (χ0v) is 17.7. The molecule has 0 aromatic heterocycles. The third-order valence-electron chi connectivity index (χ3n) is 5.50. The monoisotopic (exact) mass is 348 g/mol. The first-order chi connectivity index (χ1) is 12.2. The van der Waals surface area contributed by atoms with E-state index in [9.17, 15) is 0 Å². The van der Waals surface area contributed by atoms with Crippen molar-refractivity contribution in [3.05, 3.63) is 26.0 Å². The van der Waals surface area contributed by atoms with Gasteiger partial charge in [0.15, 0.2) is 0 Å². The van der Waals surface area contributed by atoms with E-state index in [4.69, 9.17) is 0 Å². The molecule has 0 heteroatoms. The molecule has 0 saturated heterocycles. The number of hydrogen-bond donors (Lipinski definition) is 0. The van der Waals surface area contributed by atoms with Gasteiger partial charge in [-0.25, -0.2) is 0 Å². The number of unbranched alkanes of at least 4 members (excludes halogenated alkanes) is 12. The summed E-state index contributed by atoms with van der Waals surface area (Å²) in [5.41, 5.74) is 0. The molecule has 0 bridgehead atoms.